The fraction of sp³-hybridized carbons (Fsp3) is 0.385. The SMILES string of the molecule is CN.N#Cc1cc(F)c(NC(C=O)C2CC2)cc1Br. The highest BCUT2D eigenvalue weighted by Crippen LogP contribution is 2.34. The van der Waals surface area contributed by atoms with E-state index in [1.54, 1.807) is 0 Å². The maximum absolute atomic E-state index is 13.6. The molecule has 0 spiro atoms. The minimum Gasteiger partial charge on any atom is -0.373 e. The van der Waals surface area contributed by atoms with Crippen LogP contribution in [0.1, 0.15) is 18.4 Å². The molecule has 3 N–H and O–H groups in total. The Balaban J connectivity index is 0.000000861. The first kappa shape index (κ1) is 15.6. The van der Waals surface area contributed by atoms with E-state index in [4.69, 9.17) is 5.26 Å². The number of nitrogens with zero attached hydrogens (tertiary/aromatic N) is 1. The van der Waals surface area contributed by atoms with Crippen molar-refractivity contribution in [3.63, 3.8) is 0 Å². The van der Waals surface area contributed by atoms with Crippen LogP contribution in [0.4, 0.5) is 10.1 Å². The number of aldehydes is 1. The van der Waals surface area contributed by atoms with E-state index in [2.05, 4.69) is 27.0 Å². The van der Waals surface area contributed by atoms with Gasteiger partial charge in [0.05, 0.1) is 17.3 Å². The number of hydrogen-bond donors (Lipinski definition) is 2. The van der Waals surface area contributed by atoms with Crippen molar-refractivity contribution in [3.05, 3.63) is 28.0 Å². The second-order valence-corrected chi connectivity index (χ2v) is 4.92. The van der Waals surface area contributed by atoms with Crippen LogP contribution in [0.15, 0.2) is 16.6 Å². The number of nitrogens with two attached hydrogens (primary N) is 1. The molecule has 0 amide bonds. The normalized spacial score (nSPS) is 14.7. The number of nitriles is 1. The maximum Gasteiger partial charge on any atom is 0.147 e. The number of nitrogens with one attached hydrogen (secondary N) is 1. The Labute approximate surface area is 119 Å². The highest BCUT2D eigenvalue weighted by molar-refractivity contribution is 9.10. The summed E-state index contributed by atoms with van der Waals surface area (Å²) < 4.78 is 14.2. The van der Waals surface area contributed by atoms with E-state index < -0.39 is 5.82 Å². The minimum atomic E-state index is -0.516. The third-order valence-electron chi connectivity index (χ3n) is 2.78. The van der Waals surface area contributed by atoms with E-state index in [0.29, 0.717) is 10.4 Å². The van der Waals surface area contributed by atoms with Crippen molar-refractivity contribution in [1.29, 1.82) is 5.26 Å². The van der Waals surface area contributed by atoms with Crippen LogP contribution in [0.5, 0.6) is 0 Å². The van der Waals surface area contributed by atoms with Crippen LogP contribution in [-0.2, 0) is 4.79 Å². The van der Waals surface area contributed by atoms with E-state index in [1.807, 2.05) is 6.07 Å². The average Bonchev–Trinajstić information content (AvgIpc) is 3.26. The first-order chi connectivity index (χ1) is 9.15. The summed E-state index contributed by atoms with van der Waals surface area (Å²) in [5, 5.41) is 11.6. The molecule has 19 heavy (non-hydrogen) atoms. The number of carbonyl (C=O) groups is 1. The lowest BCUT2D eigenvalue weighted by atomic mass is 10.1. The number of anilines is 1. The van der Waals surface area contributed by atoms with Crippen LogP contribution in [-0.4, -0.2) is 19.4 Å². The lowest BCUT2D eigenvalue weighted by Crippen LogP contribution is -2.23. The highest BCUT2D eigenvalue weighted by atomic mass is 79.9. The van der Waals surface area contributed by atoms with Gasteiger partial charge in [-0.25, -0.2) is 4.39 Å². The molecule has 0 bridgehead atoms. The predicted molar refractivity (Wildman–Crippen MR) is 75.1 cm³/mol. The molecule has 1 atom stereocenters. The second kappa shape index (κ2) is 7.22. The van der Waals surface area contributed by atoms with Crippen molar-refractivity contribution < 1.29 is 9.18 Å². The number of benzene rings is 1. The molecule has 6 heteroatoms. The number of rotatable bonds is 4. The van der Waals surface area contributed by atoms with Crippen LogP contribution < -0.4 is 11.1 Å². The van der Waals surface area contributed by atoms with E-state index in [1.165, 1.54) is 13.1 Å². The summed E-state index contributed by atoms with van der Waals surface area (Å²) in [6.07, 6.45) is 2.80. The number of carbonyl (C=O) groups excluding carboxylic acids is 1. The van der Waals surface area contributed by atoms with E-state index >= 15 is 0 Å². The Morgan fingerprint density at radius 1 is 1.58 bits per heavy atom. The summed E-state index contributed by atoms with van der Waals surface area (Å²) in [6, 6.07) is 4.19. The van der Waals surface area contributed by atoms with Crippen LogP contribution in [0, 0.1) is 23.1 Å². The lowest BCUT2D eigenvalue weighted by Gasteiger charge is -2.14. The topological polar surface area (TPSA) is 78.9 Å². The molecule has 0 aromatic heterocycles. The second-order valence-electron chi connectivity index (χ2n) is 4.07. The van der Waals surface area contributed by atoms with Gasteiger partial charge in [0.15, 0.2) is 0 Å². The van der Waals surface area contributed by atoms with E-state index in [0.717, 1.165) is 25.2 Å². The van der Waals surface area contributed by atoms with Gasteiger partial charge in [-0.1, -0.05) is 0 Å². The van der Waals surface area contributed by atoms with E-state index in [-0.39, 0.29) is 17.3 Å². The maximum atomic E-state index is 13.6. The zero-order valence-corrected chi connectivity index (χ0v) is 12.1. The lowest BCUT2D eigenvalue weighted by molar-refractivity contribution is -0.108. The molecule has 0 saturated heterocycles. The van der Waals surface area contributed by atoms with Gasteiger partial charge in [0.2, 0.25) is 0 Å². The van der Waals surface area contributed by atoms with Crippen LogP contribution >= 0.6 is 15.9 Å². The van der Waals surface area contributed by atoms with Crippen LogP contribution in [0.2, 0.25) is 0 Å². The zero-order valence-electron chi connectivity index (χ0n) is 10.5. The molecular weight excluding hydrogens is 313 g/mol. The minimum absolute atomic E-state index is 0.238. The Bertz CT molecular complexity index is 497. The summed E-state index contributed by atoms with van der Waals surface area (Å²) in [5.41, 5.74) is 4.99. The quantitative estimate of drug-likeness (QED) is 0.832. The van der Waals surface area contributed by atoms with Crippen LogP contribution in [0.25, 0.3) is 0 Å². The summed E-state index contributed by atoms with van der Waals surface area (Å²) in [6.45, 7) is 0. The standard InChI is InChI=1S/C12H10BrFN2O.CH5N/c13-9-4-11(10(14)3-8(9)5-15)16-12(6-17)7-1-2-7;1-2/h3-4,6-7,12,16H,1-2H2;2H2,1H3. The van der Waals surface area contributed by atoms with Gasteiger partial charge in [0.1, 0.15) is 18.2 Å². The third kappa shape index (κ3) is 4.01. The smallest absolute Gasteiger partial charge is 0.147 e. The molecule has 2 rings (SSSR count). The first-order valence-corrected chi connectivity index (χ1v) is 6.63. The number of hydrogen-bond acceptors (Lipinski definition) is 4. The van der Waals surface area contributed by atoms with Gasteiger partial charge in [0.25, 0.3) is 0 Å². The first-order valence-electron chi connectivity index (χ1n) is 5.84. The van der Waals surface area contributed by atoms with Crippen LogP contribution in [0.3, 0.4) is 0 Å². The predicted octanol–water partition coefficient (Wildman–Crippen LogP) is 2.42. The zero-order chi connectivity index (χ0) is 14.4. The molecule has 1 fully saturated rings. The molecule has 1 aliphatic carbocycles. The van der Waals surface area contributed by atoms with Crippen molar-refractivity contribution in [3.8, 4) is 6.07 Å². The van der Waals surface area contributed by atoms with E-state index in [9.17, 15) is 9.18 Å². The molecule has 0 radical (unpaired) electrons. The molecule has 1 saturated carbocycles. The highest BCUT2D eigenvalue weighted by Gasteiger charge is 2.31. The van der Waals surface area contributed by atoms with Crippen molar-refractivity contribution in [2.75, 3.05) is 12.4 Å². The van der Waals surface area contributed by atoms with Gasteiger partial charge < -0.3 is 15.8 Å². The summed E-state index contributed by atoms with van der Waals surface area (Å²) in [4.78, 5) is 10.9. The summed E-state index contributed by atoms with van der Waals surface area (Å²) in [7, 11) is 1.50. The monoisotopic (exact) mass is 327 g/mol. The third-order valence-corrected chi connectivity index (χ3v) is 3.43. The fourth-order valence-corrected chi connectivity index (χ4v) is 2.07. The van der Waals surface area contributed by atoms with Gasteiger partial charge in [-0.2, -0.15) is 5.26 Å². The van der Waals surface area contributed by atoms with Crippen molar-refractivity contribution in [2.24, 2.45) is 11.7 Å². The fourth-order valence-electron chi connectivity index (χ4n) is 1.64. The number of halogens is 2. The van der Waals surface area contributed by atoms with Gasteiger partial charge in [0, 0.05) is 4.47 Å². The molecule has 1 unspecified atom stereocenters. The Kier molecular flexibility index (Phi) is 5.93. The largest absolute Gasteiger partial charge is 0.373 e. The average molecular weight is 328 g/mol. The summed E-state index contributed by atoms with van der Waals surface area (Å²) in [5.74, 6) is -0.210. The van der Waals surface area contributed by atoms with Gasteiger partial charge >= 0.3 is 0 Å². The molecule has 0 heterocycles. The molecule has 1 aromatic carbocycles. The molecule has 102 valence electrons. The molecular formula is C13H15BrFN3O. The van der Waals surface area contributed by atoms with Gasteiger partial charge in [-0.05, 0) is 53.9 Å². The Morgan fingerprint density at radius 2 is 2.21 bits per heavy atom. The molecule has 4 nitrogen and oxygen atoms in total. The summed E-state index contributed by atoms with van der Waals surface area (Å²) >= 11 is 3.19. The molecule has 1 aliphatic rings. The Morgan fingerprint density at radius 3 is 2.68 bits per heavy atom. The molecule has 1 aromatic rings. The van der Waals surface area contributed by atoms with Crippen molar-refractivity contribution in [1.82, 2.24) is 0 Å². The Hall–Kier alpha value is -1.45. The van der Waals surface area contributed by atoms with Gasteiger partial charge in [-0.15, -0.1) is 0 Å². The van der Waals surface area contributed by atoms with Crippen molar-refractivity contribution >= 4 is 27.9 Å². The van der Waals surface area contributed by atoms with Gasteiger partial charge in [-0.3, -0.25) is 0 Å². The molecule has 0 aliphatic heterocycles. The van der Waals surface area contributed by atoms with Crippen molar-refractivity contribution in [2.45, 2.75) is 18.9 Å².